The fourth-order valence-electron chi connectivity index (χ4n) is 3.78. The van der Waals surface area contributed by atoms with Crippen LogP contribution in [-0.4, -0.2) is 57.6 Å². The molecule has 2 aromatic rings. The zero-order valence-electron chi connectivity index (χ0n) is 21.4. The molecule has 1 N–H and O–H groups in total. The lowest BCUT2D eigenvalue weighted by Gasteiger charge is -2.32. The van der Waals surface area contributed by atoms with E-state index in [1.54, 1.807) is 31.4 Å². The molecule has 0 fully saturated rings. The molecule has 2 amide bonds. The van der Waals surface area contributed by atoms with Crippen molar-refractivity contribution in [2.45, 2.75) is 52.6 Å². The Kier molecular flexibility index (Phi) is 10.1. The number of hydrogen-bond acceptors (Lipinski definition) is 5. The van der Waals surface area contributed by atoms with Crippen LogP contribution in [0.2, 0.25) is 0 Å². The van der Waals surface area contributed by atoms with Gasteiger partial charge in [0.15, 0.2) is 0 Å². The molecule has 0 saturated carbocycles. The van der Waals surface area contributed by atoms with Crippen LogP contribution in [0.1, 0.15) is 51.2 Å². The Morgan fingerprint density at radius 3 is 2.06 bits per heavy atom. The third kappa shape index (κ3) is 7.71. The van der Waals surface area contributed by atoms with E-state index in [0.29, 0.717) is 30.3 Å². The summed E-state index contributed by atoms with van der Waals surface area (Å²) >= 11 is 0. The number of amides is 2. The number of anilines is 1. The lowest BCUT2D eigenvalue weighted by molar-refractivity contribution is -0.140. The Balaban J connectivity index is 2.41. The highest BCUT2D eigenvalue weighted by Gasteiger charge is 2.31. The SMILES string of the molecule is CCNC(=O)[C@@H](CC)N(Cc1ccc(OC)cc1)C(=O)CN(c1ccc(C(C)C)cc1)S(C)(=O)=O. The summed E-state index contributed by atoms with van der Waals surface area (Å²) in [6.07, 6.45) is 1.46. The quantitative estimate of drug-likeness (QED) is 0.478. The van der Waals surface area contributed by atoms with Crippen molar-refractivity contribution in [3.05, 3.63) is 59.7 Å². The van der Waals surface area contributed by atoms with Crippen molar-refractivity contribution in [1.29, 1.82) is 0 Å². The van der Waals surface area contributed by atoms with Gasteiger partial charge in [-0.1, -0.05) is 45.0 Å². The highest BCUT2D eigenvalue weighted by Crippen LogP contribution is 2.23. The van der Waals surface area contributed by atoms with Gasteiger partial charge in [0.25, 0.3) is 0 Å². The maximum absolute atomic E-state index is 13.6. The molecule has 0 radical (unpaired) electrons. The van der Waals surface area contributed by atoms with Gasteiger partial charge >= 0.3 is 0 Å². The smallest absolute Gasteiger partial charge is 0.244 e. The van der Waals surface area contributed by atoms with Gasteiger partial charge < -0.3 is 15.0 Å². The number of sulfonamides is 1. The van der Waals surface area contributed by atoms with Crippen LogP contribution in [0.15, 0.2) is 48.5 Å². The summed E-state index contributed by atoms with van der Waals surface area (Å²) in [5, 5.41) is 2.78. The summed E-state index contributed by atoms with van der Waals surface area (Å²) in [5.41, 5.74) is 2.27. The average Bonchev–Trinajstić information content (AvgIpc) is 2.82. The van der Waals surface area contributed by atoms with Gasteiger partial charge in [0.2, 0.25) is 21.8 Å². The molecule has 2 aromatic carbocycles. The third-order valence-corrected chi connectivity index (χ3v) is 6.92. The van der Waals surface area contributed by atoms with Crippen LogP contribution in [0, 0.1) is 0 Å². The molecule has 8 nitrogen and oxygen atoms in total. The van der Waals surface area contributed by atoms with E-state index in [0.717, 1.165) is 21.7 Å². The molecule has 9 heteroatoms. The average molecular weight is 504 g/mol. The van der Waals surface area contributed by atoms with Crippen LogP contribution in [-0.2, 0) is 26.2 Å². The molecule has 0 heterocycles. The number of ether oxygens (including phenoxy) is 1. The minimum Gasteiger partial charge on any atom is -0.497 e. The second kappa shape index (κ2) is 12.6. The number of carbonyl (C=O) groups is 2. The van der Waals surface area contributed by atoms with Crippen molar-refractivity contribution in [2.75, 3.05) is 30.8 Å². The van der Waals surface area contributed by atoms with Crippen molar-refractivity contribution in [1.82, 2.24) is 10.2 Å². The number of carbonyl (C=O) groups excluding carboxylic acids is 2. The first-order chi connectivity index (χ1) is 16.5. The molecule has 0 spiro atoms. The summed E-state index contributed by atoms with van der Waals surface area (Å²) in [6.45, 7) is 7.91. The molecule has 192 valence electrons. The standard InChI is InChI=1S/C26H37N3O5S/c1-7-24(26(31)27-8-2)28(17-20-9-15-23(34-5)16-10-20)25(30)18-29(35(6,32)33)22-13-11-21(12-14-22)19(3)4/h9-16,19,24H,7-8,17-18H2,1-6H3,(H,27,31)/t24-/m1/s1. The van der Waals surface area contributed by atoms with E-state index < -0.39 is 28.5 Å². The van der Waals surface area contributed by atoms with Gasteiger partial charge in [-0.25, -0.2) is 8.42 Å². The van der Waals surface area contributed by atoms with E-state index in [9.17, 15) is 18.0 Å². The Hall–Kier alpha value is -3.07. The first-order valence-electron chi connectivity index (χ1n) is 11.8. The summed E-state index contributed by atoms with van der Waals surface area (Å²) < 4.78 is 31.6. The molecule has 0 aliphatic heterocycles. The number of hydrogen-bond donors (Lipinski definition) is 1. The lowest BCUT2D eigenvalue weighted by Crippen LogP contribution is -2.52. The fraction of sp³-hybridized carbons (Fsp3) is 0.462. The first-order valence-corrected chi connectivity index (χ1v) is 13.6. The Bertz CT molecular complexity index is 1080. The fourth-order valence-corrected chi connectivity index (χ4v) is 4.63. The number of nitrogens with one attached hydrogen (secondary N) is 1. The molecular formula is C26H37N3O5S. The molecule has 0 unspecified atom stereocenters. The van der Waals surface area contributed by atoms with Gasteiger partial charge in [0.1, 0.15) is 18.3 Å². The van der Waals surface area contributed by atoms with E-state index in [1.165, 1.54) is 4.90 Å². The maximum Gasteiger partial charge on any atom is 0.244 e. The van der Waals surface area contributed by atoms with Gasteiger partial charge in [-0.3, -0.25) is 13.9 Å². The highest BCUT2D eigenvalue weighted by atomic mass is 32.2. The molecule has 1 atom stereocenters. The summed E-state index contributed by atoms with van der Waals surface area (Å²) in [7, 11) is -2.19. The van der Waals surface area contributed by atoms with Gasteiger partial charge in [-0.05, 0) is 54.7 Å². The molecular weight excluding hydrogens is 466 g/mol. The predicted molar refractivity (Wildman–Crippen MR) is 139 cm³/mol. The van der Waals surface area contributed by atoms with Gasteiger partial charge in [0, 0.05) is 13.1 Å². The van der Waals surface area contributed by atoms with E-state index in [2.05, 4.69) is 19.2 Å². The number of benzene rings is 2. The molecule has 35 heavy (non-hydrogen) atoms. The Morgan fingerprint density at radius 1 is 1.00 bits per heavy atom. The highest BCUT2D eigenvalue weighted by molar-refractivity contribution is 7.92. The van der Waals surface area contributed by atoms with Crippen molar-refractivity contribution < 1.29 is 22.7 Å². The predicted octanol–water partition coefficient (Wildman–Crippen LogP) is 3.53. The molecule has 0 saturated heterocycles. The normalized spacial score (nSPS) is 12.2. The minimum atomic E-state index is -3.76. The van der Waals surface area contributed by atoms with E-state index >= 15 is 0 Å². The summed E-state index contributed by atoms with van der Waals surface area (Å²) in [4.78, 5) is 27.9. The van der Waals surface area contributed by atoms with Crippen LogP contribution in [0.3, 0.4) is 0 Å². The molecule has 0 bridgehead atoms. The molecule has 0 aliphatic rings. The van der Waals surface area contributed by atoms with Crippen LogP contribution in [0.4, 0.5) is 5.69 Å². The summed E-state index contributed by atoms with van der Waals surface area (Å²) in [5.74, 6) is 0.233. The molecule has 2 rings (SSSR count). The zero-order chi connectivity index (χ0) is 26.2. The number of nitrogens with zero attached hydrogens (tertiary/aromatic N) is 2. The van der Waals surface area contributed by atoms with Crippen molar-refractivity contribution in [3.8, 4) is 5.75 Å². The van der Waals surface area contributed by atoms with Crippen LogP contribution < -0.4 is 14.4 Å². The topological polar surface area (TPSA) is 96.0 Å². The van der Waals surface area contributed by atoms with Crippen LogP contribution >= 0.6 is 0 Å². The van der Waals surface area contributed by atoms with E-state index in [1.807, 2.05) is 38.1 Å². The largest absolute Gasteiger partial charge is 0.497 e. The number of methoxy groups -OCH3 is 1. The van der Waals surface area contributed by atoms with Crippen molar-refractivity contribution in [3.63, 3.8) is 0 Å². The van der Waals surface area contributed by atoms with Gasteiger partial charge in [-0.2, -0.15) is 0 Å². The lowest BCUT2D eigenvalue weighted by atomic mass is 10.0. The van der Waals surface area contributed by atoms with Crippen molar-refractivity contribution >= 4 is 27.5 Å². The summed E-state index contributed by atoms with van der Waals surface area (Å²) in [6, 6.07) is 13.6. The van der Waals surface area contributed by atoms with Gasteiger partial charge in [0.05, 0.1) is 19.1 Å². The zero-order valence-corrected chi connectivity index (χ0v) is 22.3. The maximum atomic E-state index is 13.6. The van der Waals surface area contributed by atoms with Gasteiger partial charge in [-0.15, -0.1) is 0 Å². The second-order valence-electron chi connectivity index (χ2n) is 8.70. The van der Waals surface area contributed by atoms with Crippen molar-refractivity contribution in [2.24, 2.45) is 0 Å². The van der Waals surface area contributed by atoms with E-state index in [-0.39, 0.29) is 12.5 Å². The second-order valence-corrected chi connectivity index (χ2v) is 10.6. The third-order valence-electron chi connectivity index (χ3n) is 5.78. The Labute approximate surface area is 209 Å². The monoisotopic (exact) mass is 503 g/mol. The number of likely N-dealkylation sites (N-methyl/N-ethyl adjacent to an activating group) is 1. The molecule has 0 aliphatic carbocycles. The van der Waals surface area contributed by atoms with Crippen LogP contribution in [0.25, 0.3) is 0 Å². The first kappa shape index (κ1) is 28.2. The minimum absolute atomic E-state index is 0.155. The van der Waals surface area contributed by atoms with E-state index in [4.69, 9.17) is 4.74 Å². The number of rotatable bonds is 12. The molecule has 0 aromatic heterocycles. The van der Waals surface area contributed by atoms with Crippen LogP contribution in [0.5, 0.6) is 5.75 Å². The Morgan fingerprint density at radius 2 is 1.60 bits per heavy atom.